The van der Waals surface area contributed by atoms with Gasteiger partial charge in [0, 0.05) is 120 Å². The van der Waals surface area contributed by atoms with E-state index in [0.717, 1.165) is 65.7 Å². The van der Waals surface area contributed by atoms with E-state index in [1.165, 1.54) is 19.2 Å². The molecular weight excluding hydrogens is 1550 g/mol. The summed E-state index contributed by atoms with van der Waals surface area (Å²) in [5, 5.41) is 30.0. The summed E-state index contributed by atoms with van der Waals surface area (Å²) in [4.78, 5) is 74.5. The number of hydrogen-bond donors (Lipinski definition) is 7. The van der Waals surface area contributed by atoms with Crippen LogP contribution in [0.2, 0.25) is 0 Å². The van der Waals surface area contributed by atoms with Gasteiger partial charge in [-0.05, 0) is 219 Å². The first-order chi connectivity index (χ1) is 53.7. The van der Waals surface area contributed by atoms with Crippen LogP contribution in [0.3, 0.4) is 0 Å². The Morgan fingerprint density at radius 3 is 1.88 bits per heavy atom. The molecule has 5 aromatic heterocycles. The second-order valence-corrected chi connectivity index (χ2v) is 27.6. The van der Waals surface area contributed by atoms with Gasteiger partial charge >= 0.3 is 18.0 Å². The lowest BCUT2D eigenvalue weighted by Gasteiger charge is -2.51. The number of thiazole rings is 1. The number of amides is 2. The molecule has 584 valence electrons. The molecule has 6 aromatic rings. The summed E-state index contributed by atoms with van der Waals surface area (Å²) >= 11 is 4.29. The Balaban J connectivity index is 0.000000440. The SMILES string of the molecule is C#CC#CC#CC#CC#CC#CC#CC#CC#CC#CC#CC#CC#CC.CC(C)(C)OC(=O)CCCCBr.CC(C)(C)OC(=O)NCCCn1ccc(N)n1.Cn1c(Cc2ccc3cc(OC[C@H](O/N=C(\C(=O)C[C@@H]4C(=O)N(OS(=O)(=O)[O-])C4(C)C)c4csc(N)n4)C(=O)O)ccc3n2)cc[n+]1CCCN.Nc1ccn[nH]1. The second-order valence-electron chi connectivity index (χ2n) is 25.0. The van der Waals surface area contributed by atoms with Crippen LogP contribution >= 0.6 is 27.3 Å². The van der Waals surface area contributed by atoms with Gasteiger partial charge in [0.2, 0.25) is 10.4 Å². The number of unbranched alkanes of at least 4 members (excludes halogenated alkanes) is 1. The Hall–Kier alpha value is -13.5. The summed E-state index contributed by atoms with van der Waals surface area (Å²) < 4.78 is 59.2. The number of rotatable bonds is 25. The van der Waals surface area contributed by atoms with Gasteiger partial charge in [-0.2, -0.15) is 24.2 Å². The predicted octanol–water partition coefficient (Wildman–Crippen LogP) is 5.63. The van der Waals surface area contributed by atoms with Gasteiger partial charge in [-0.25, -0.2) is 23.0 Å². The summed E-state index contributed by atoms with van der Waals surface area (Å²) in [6.45, 7) is 17.8. The Bertz CT molecular complexity index is 5330. The van der Waals surface area contributed by atoms with Crippen LogP contribution in [0, 0.1) is 160 Å². The smallest absolute Gasteiger partial charge is 0.407 e. The van der Waals surface area contributed by atoms with Crippen molar-refractivity contribution >= 4 is 101 Å². The minimum atomic E-state index is -5.25. The summed E-state index contributed by atoms with van der Waals surface area (Å²) in [6.07, 6.45) is 12.5. The summed E-state index contributed by atoms with van der Waals surface area (Å²) in [6, 6.07) is 14.4. The number of ketones is 1. The molecule has 2 amide bonds. The molecule has 0 radical (unpaired) electrons. The number of β-lactam (4-membered cyclic amide) rings is 1. The number of halogens is 1. The van der Waals surface area contributed by atoms with Gasteiger partial charge in [0.15, 0.2) is 29.4 Å². The predicted molar refractivity (Wildman–Crippen MR) is 430 cm³/mol. The molecule has 1 aliphatic heterocycles. The van der Waals surface area contributed by atoms with Gasteiger partial charge < -0.3 is 57.0 Å². The molecule has 29 nitrogen and oxygen atoms in total. The number of carboxylic acids is 1. The number of carbonyl (C=O) groups excluding carboxylic acids is 4. The van der Waals surface area contributed by atoms with Crippen LogP contribution in [0.1, 0.15) is 118 Å². The van der Waals surface area contributed by atoms with Crippen LogP contribution in [-0.2, 0) is 74.7 Å². The number of nitrogens with one attached hydrogen (secondary N) is 2. The molecule has 7 rings (SSSR count). The number of carboxylic acid groups (broad SMARTS) is 1. The fourth-order valence-electron chi connectivity index (χ4n) is 8.46. The first-order valence-corrected chi connectivity index (χ1v) is 37.2. The number of carbonyl (C=O) groups is 5. The first-order valence-electron chi connectivity index (χ1n) is 33.8. The molecule has 11 N–H and O–H groups in total. The van der Waals surface area contributed by atoms with Crippen molar-refractivity contribution < 1.29 is 70.1 Å². The van der Waals surface area contributed by atoms with Crippen LogP contribution in [-0.4, -0.2) is 141 Å². The van der Waals surface area contributed by atoms with E-state index in [1.807, 2.05) is 79.2 Å². The molecule has 1 aliphatic rings. The molecule has 113 heavy (non-hydrogen) atoms. The van der Waals surface area contributed by atoms with Crippen molar-refractivity contribution in [3.8, 4) is 160 Å². The normalized spacial score (nSPS) is 11.8. The maximum absolute atomic E-state index is 13.4. The maximum Gasteiger partial charge on any atom is 0.407 e. The van der Waals surface area contributed by atoms with E-state index in [4.69, 9.17) is 53.4 Å². The number of Topliss-reactive ketones (excluding diaryl/α,β-unsaturated/α-hetero) is 1. The Labute approximate surface area is 670 Å². The van der Waals surface area contributed by atoms with Crippen molar-refractivity contribution in [1.29, 1.82) is 0 Å². The van der Waals surface area contributed by atoms with Crippen molar-refractivity contribution in [2.75, 3.05) is 42.2 Å². The number of benzene rings is 1. The zero-order chi connectivity index (χ0) is 83.7. The number of H-pyrrole nitrogens is 1. The van der Waals surface area contributed by atoms with Gasteiger partial charge in [0.25, 0.3) is 12.0 Å². The number of alkyl carbamates (subject to hydrolysis) is 1. The molecule has 0 unspecified atom stereocenters. The number of alkyl halides is 1. The quantitative estimate of drug-likeness (QED) is 0.00349. The highest BCUT2D eigenvalue weighted by atomic mass is 79.9. The molecule has 0 saturated carbocycles. The summed E-state index contributed by atoms with van der Waals surface area (Å²) in [5.74, 6) is 59.0. The summed E-state index contributed by atoms with van der Waals surface area (Å²) in [7, 11) is -3.26. The maximum atomic E-state index is 13.4. The molecule has 1 saturated heterocycles. The van der Waals surface area contributed by atoms with E-state index >= 15 is 0 Å². The number of esters is 1. The monoisotopic (exact) mass is 1630 g/mol. The number of nitrogen functional groups attached to an aromatic ring is 3. The van der Waals surface area contributed by atoms with E-state index in [1.54, 1.807) is 48.1 Å². The van der Waals surface area contributed by atoms with Crippen LogP contribution in [0.25, 0.3) is 10.9 Å². The number of terminal acetylenes is 1. The number of anilines is 3. The van der Waals surface area contributed by atoms with Crippen molar-refractivity contribution in [3.05, 3.63) is 89.6 Å². The number of nitrogens with two attached hydrogens (primary N) is 4. The fraction of sp³-hybridized carbons (Fsp3) is 0.346. The fourth-order valence-corrected chi connectivity index (χ4v) is 9.85. The average Bonchev–Trinajstić information content (AvgIpc) is 1.27. The Kier molecular flexibility index (Phi) is 41.7. The molecule has 0 spiro atoms. The largest absolute Gasteiger partial charge is 0.724 e. The molecule has 1 fully saturated rings. The standard InChI is InChI=1S/C31H36N8O10S2.C27H4.C11H20N4O2.C9H17BrO2.C3H5N3/c1-31(2)22(28(41)39(31)49-51(44,45)46)15-25(40)27(24-17-50-30(33)35-24)36-48-26(29(42)43)16-47-21-7-8-23-18(13-21)5-6-19(34-23)14-20-9-12-38(37(20)3)11-4-10-32;1-3-5-7-9-11-13-15-17-19-21-23-25-27-26-24-22-20-18-16-14-12-10-8-6-4-2;1-11(2,3)17-10(16)13-6-4-7-15-8-5-9(12)14-15;1-9(2,3)12-8(11)6-4-5-7-10;4-3-1-2-5-6-3/h5-9,12-13,17,22,26H,4,10-11,14-16,32H2,1-3H3,(H3-,33,35,42,43,44,45,46);1H,2H3;5,8H,4,6-7H2,1-3H3,(H2,12,14)(H,13,16);4-7H2,1-3H3;1-2H,(H3,4,5,6)/b36-27-;;;;/t22-,26+;;;;/m1..../s1. The minimum Gasteiger partial charge on any atom is -0.724 e. The topological polar surface area (TPSA) is 422 Å². The number of fused-ring (bicyclic) bond motifs is 1. The van der Waals surface area contributed by atoms with Crippen molar-refractivity contribution in [2.24, 2.45) is 23.9 Å². The number of oxime groups is 1. The number of ether oxygens (including phenoxy) is 3. The highest BCUT2D eigenvalue weighted by molar-refractivity contribution is 9.09. The number of aliphatic carboxylic acids is 1. The third kappa shape index (κ3) is 40.0. The van der Waals surface area contributed by atoms with Gasteiger partial charge in [-0.15, -0.1) is 22.4 Å². The Morgan fingerprint density at radius 2 is 1.41 bits per heavy atom. The van der Waals surface area contributed by atoms with E-state index in [0.29, 0.717) is 60.4 Å². The van der Waals surface area contributed by atoms with E-state index < -0.39 is 76.1 Å². The highest BCUT2D eigenvalue weighted by Crippen LogP contribution is 2.41. The lowest BCUT2D eigenvalue weighted by Crippen LogP contribution is -2.68. The van der Waals surface area contributed by atoms with Crippen molar-refractivity contribution in [1.82, 2.24) is 45.0 Å². The van der Waals surface area contributed by atoms with E-state index in [9.17, 15) is 42.0 Å². The van der Waals surface area contributed by atoms with E-state index in [2.05, 4.69) is 208 Å². The zero-order valence-corrected chi connectivity index (χ0v) is 66.9. The van der Waals surface area contributed by atoms with Crippen LogP contribution in [0.5, 0.6) is 5.75 Å². The number of pyridine rings is 1. The average molecular weight is 1630 g/mol. The number of hydroxylamine groups is 2. The van der Waals surface area contributed by atoms with Gasteiger partial charge in [0.05, 0.1) is 35.9 Å². The number of aromatic amines is 1. The highest BCUT2D eigenvalue weighted by Gasteiger charge is 2.57. The van der Waals surface area contributed by atoms with Crippen LogP contribution in [0.4, 0.5) is 21.6 Å². The molecule has 2 atom stereocenters. The molecule has 6 heterocycles. The van der Waals surface area contributed by atoms with Crippen molar-refractivity contribution in [2.45, 2.75) is 143 Å². The molecular formula is C81H82BrN15O14S2. The molecule has 32 heteroatoms. The second kappa shape index (κ2) is 50.3. The first kappa shape index (κ1) is 93.7. The number of nitrogens with zero attached hydrogens (tertiary/aromatic N) is 9. The third-order valence-corrected chi connectivity index (χ3v) is 15.1. The number of aryl methyl sites for hydroxylation is 2. The molecule has 1 aromatic carbocycles. The minimum absolute atomic E-state index is 0.0355. The van der Waals surface area contributed by atoms with Gasteiger partial charge in [-0.1, -0.05) is 33.1 Å². The van der Waals surface area contributed by atoms with Crippen molar-refractivity contribution in [3.63, 3.8) is 0 Å². The number of hydrogen-bond acceptors (Lipinski definition) is 23. The molecule has 0 aliphatic carbocycles. The van der Waals surface area contributed by atoms with Crippen LogP contribution < -0.4 is 37.7 Å². The zero-order valence-electron chi connectivity index (χ0n) is 63.6. The molecule has 0 bridgehead atoms. The van der Waals surface area contributed by atoms with Gasteiger partial charge in [-0.3, -0.25) is 29.1 Å². The lowest BCUT2D eigenvalue weighted by atomic mass is 9.74. The van der Waals surface area contributed by atoms with Gasteiger partial charge in [0.1, 0.15) is 40.9 Å². The Morgan fingerprint density at radius 1 is 0.814 bits per heavy atom. The third-order valence-electron chi connectivity index (χ3n) is 13.5. The van der Waals surface area contributed by atoms with Crippen LogP contribution in [0.15, 0.2) is 77.7 Å². The lowest BCUT2D eigenvalue weighted by molar-refractivity contribution is -0.773. The number of aromatic nitrogens is 8. The summed E-state index contributed by atoms with van der Waals surface area (Å²) in [5.41, 5.74) is 22.0. The van der Waals surface area contributed by atoms with E-state index in [-0.39, 0.29) is 22.4 Å².